The highest BCUT2D eigenvalue weighted by molar-refractivity contribution is 14.0. The molecule has 0 spiro atoms. The summed E-state index contributed by atoms with van der Waals surface area (Å²) in [6, 6.07) is 3.68. The van der Waals surface area contributed by atoms with Crippen LogP contribution >= 0.6 is 47.3 Å². The molecule has 1 saturated heterocycles. The molecular formula is C11H16ClIN4S. The van der Waals surface area contributed by atoms with Gasteiger partial charge in [-0.05, 0) is 12.1 Å². The number of pyridine rings is 1. The molecule has 0 unspecified atom stereocenters. The van der Waals surface area contributed by atoms with Gasteiger partial charge in [0.2, 0.25) is 0 Å². The van der Waals surface area contributed by atoms with Gasteiger partial charge in [-0.1, -0.05) is 11.6 Å². The summed E-state index contributed by atoms with van der Waals surface area (Å²) in [6.07, 6.45) is 1.63. The second-order valence-corrected chi connectivity index (χ2v) is 5.40. The number of nitrogens with zero attached hydrogens (tertiary/aromatic N) is 3. The molecule has 4 nitrogen and oxygen atoms in total. The van der Waals surface area contributed by atoms with Gasteiger partial charge >= 0.3 is 0 Å². The number of aliphatic imine (C=N–C) groups is 1. The van der Waals surface area contributed by atoms with Crippen LogP contribution in [0.2, 0.25) is 5.02 Å². The van der Waals surface area contributed by atoms with E-state index in [9.17, 15) is 0 Å². The number of hydrogen-bond donors (Lipinski definition) is 1. The Hall–Kier alpha value is -0.210. The van der Waals surface area contributed by atoms with Crippen LogP contribution in [0.3, 0.4) is 0 Å². The lowest BCUT2D eigenvalue weighted by Crippen LogP contribution is -2.42. The Labute approximate surface area is 133 Å². The highest BCUT2D eigenvalue weighted by Crippen LogP contribution is 2.09. The fraction of sp³-hybridized carbons (Fsp3) is 0.455. The molecule has 2 rings (SSSR count). The zero-order chi connectivity index (χ0) is 12.1. The number of aromatic nitrogens is 1. The van der Waals surface area contributed by atoms with Gasteiger partial charge in [0.05, 0.1) is 17.3 Å². The second kappa shape index (κ2) is 8.06. The first kappa shape index (κ1) is 15.8. The van der Waals surface area contributed by atoms with Gasteiger partial charge in [-0.25, -0.2) is 4.99 Å². The Bertz CT molecular complexity index is 393. The summed E-state index contributed by atoms with van der Waals surface area (Å²) in [7, 11) is 0. The molecule has 2 N–H and O–H groups in total. The van der Waals surface area contributed by atoms with Crippen molar-refractivity contribution in [3.8, 4) is 0 Å². The minimum Gasteiger partial charge on any atom is -0.370 e. The molecule has 2 heterocycles. The van der Waals surface area contributed by atoms with Gasteiger partial charge in [-0.2, -0.15) is 11.8 Å². The predicted molar refractivity (Wildman–Crippen MR) is 88.9 cm³/mol. The average Bonchev–Trinajstić information content (AvgIpc) is 2.39. The van der Waals surface area contributed by atoms with Crippen molar-refractivity contribution in [1.29, 1.82) is 0 Å². The first-order valence-corrected chi connectivity index (χ1v) is 7.02. The van der Waals surface area contributed by atoms with Gasteiger partial charge in [0.15, 0.2) is 5.96 Å². The van der Waals surface area contributed by atoms with Gasteiger partial charge in [0, 0.05) is 30.8 Å². The maximum absolute atomic E-state index is 5.94. The number of hydrogen-bond acceptors (Lipinski definition) is 3. The molecule has 1 aliphatic rings. The SMILES string of the molecule is I.NC(=NCc1ccc(Cl)cn1)N1CCSCC1. The van der Waals surface area contributed by atoms with Gasteiger partial charge in [0.1, 0.15) is 0 Å². The summed E-state index contributed by atoms with van der Waals surface area (Å²) < 4.78 is 0. The van der Waals surface area contributed by atoms with Gasteiger partial charge in [-0.3, -0.25) is 4.98 Å². The van der Waals surface area contributed by atoms with Crippen molar-refractivity contribution < 1.29 is 0 Å². The highest BCUT2D eigenvalue weighted by Gasteiger charge is 2.11. The molecule has 1 aromatic heterocycles. The molecule has 1 aliphatic heterocycles. The molecule has 0 amide bonds. The minimum atomic E-state index is 0. The molecule has 100 valence electrons. The van der Waals surface area contributed by atoms with E-state index in [1.54, 1.807) is 6.20 Å². The van der Waals surface area contributed by atoms with E-state index >= 15 is 0 Å². The standard InChI is InChI=1S/C11H15ClN4S.HI/c12-9-1-2-10(14-7-9)8-15-11(13)16-3-5-17-6-4-16;/h1-2,7H,3-6,8H2,(H2,13,15);1H. The molecule has 18 heavy (non-hydrogen) atoms. The second-order valence-electron chi connectivity index (χ2n) is 3.74. The smallest absolute Gasteiger partial charge is 0.191 e. The van der Waals surface area contributed by atoms with Crippen molar-refractivity contribution in [3.05, 3.63) is 29.0 Å². The summed E-state index contributed by atoms with van der Waals surface area (Å²) in [5, 5.41) is 0.638. The molecule has 1 fully saturated rings. The Kier molecular flexibility index (Phi) is 7.10. The van der Waals surface area contributed by atoms with Gasteiger partial charge < -0.3 is 10.6 Å². The third-order valence-corrected chi connectivity index (χ3v) is 3.69. The monoisotopic (exact) mass is 398 g/mol. The van der Waals surface area contributed by atoms with E-state index in [4.69, 9.17) is 17.3 Å². The Morgan fingerprint density at radius 3 is 2.78 bits per heavy atom. The largest absolute Gasteiger partial charge is 0.370 e. The topological polar surface area (TPSA) is 54.5 Å². The molecule has 0 aromatic carbocycles. The van der Waals surface area contributed by atoms with Crippen molar-refractivity contribution in [3.63, 3.8) is 0 Å². The molecule has 0 radical (unpaired) electrons. The number of nitrogens with two attached hydrogens (primary N) is 1. The van der Waals surface area contributed by atoms with Crippen LogP contribution in [0.5, 0.6) is 0 Å². The number of guanidine groups is 1. The lowest BCUT2D eigenvalue weighted by molar-refractivity contribution is 0.455. The van der Waals surface area contributed by atoms with Crippen LogP contribution in [0.4, 0.5) is 0 Å². The summed E-state index contributed by atoms with van der Waals surface area (Å²) in [6.45, 7) is 2.47. The van der Waals surface area contributed by atoms with E-state index in [1.807, 2.05) is 23.9 Å². The van der Waals surface area contributed by atoms with Crippen molar-refractivity contribution in [1.82, 2.24) is 9.88 Å². The van der Waals surface area contributed by atoms with Crippen molar-refractivity contribution in [2.45, 2.75) is 6.54 Å². The number of halogens is 2. The first-order chi connectivity index (χ1) is 8.25. The fourth-order valence-corrected chi connectivity index (χ4v) is 2.57. The van der Waals surface area contributed by atoms with E-state index in [2.05, 4.69) is 14.9 Å². The molecule has 0 atom stereocenters. The summed E-state index contributed by atoms with van der Waals surface area (Å²) in [5.74, 6) is 2.85. The fourth-order valence-electron chi connectivity index (χ4n) is 1.55. The van der Waals surface area contributed by atoms with Gasteiger partial charge in [0.25, 0.3) is 0 Å². The molecule has 7 heteroatoms. The van der Waals surface area contributed by atoms with Crippen LogP contribution in [0, 0.1) is 0 Å². The molecule has 1 aromatic rings. The third-order valence-electron chi connectivity index (χ3n) is 2.53. The molecule has 0 bridgehead atoms. The molecule has 0 saturated carbocycles. The Morgan fingerprint density at radius 1 is 1.44 bits per heavy atom. The lowest BCUT2D eigenvalue weighted by atomic mass is 10.3. The summed E-state index contributed by atoms with van der Waals surface area (Å²) in [4.78, 5) is 10.6. The Morgan fingerprint density at radius 2 is 2.17 bits per heavy atom. The molecular weight excluding hydrogens is 383 g/mol. The third kappa shape index (κ3) is 4.81. The lowest BCUT2D eigenvalue weighted by Gasteiger charge is -2.27. The quantitative estimate of drug-likeness (QED) is 0.471. The van der Waals surface area contributed by atoms with E-state index in [-0.39, 0.29) is 24.0 Å². The van der Waals surface area contributed by atoms with Gasteiger partial charge in [-0.15, -0.1) is 24.0 Å². The summed E-state index contributed by atoms with van der Waals surface area (Å²) in [5.41, 5.74) is 6.82. The molecule has 0 aliphatic carbocycles. The number of thioether (sulfide) groups is 1. The van der Waals surface area contributed by atoms with E-state index in [0.717, 1.165) is 30.3 Å². The van der Waals surface area contributed by atoms with Crippen LogP contribution in [-0.2, 0) is 6.54 Å². The van der Waals surface area contributed by atoms with Crippen molar-refractivity contribution in [2.24, 2.45) is 10.7 Å². The van der Waals surface area contributed by atoms with Crippen LogP contribution in [-0.4, -0.2) is 40.4 Å². The average molecular weight is 399 g/mol. The van der Waals surface area contributed by atoms with Crippen LogP contribution in [0.25, 0.3) is 0 Å². The van der Waals surface area contributed by atoms with Crippen LogP contribution in [0.15, 0.2) is 23.3 Å². The minimum absolute atomic E-state index is 0. The predicted octanol–water partition coefficient (Wildman–Crippen LogP) is 2.22. The van der Waals surface area contributed by atoms with E-state index in [0.29, 0.717) is 17.5 Å². The van der Waals surface area contributed by atoms with E-state index < -0.39 is 0 Å². The normalized spacial score (nSPS) is 16.3. The maximum Gasteiger partial charge on any atom is 0.191 e. The summed E-state index contributed by atoms with van der Waals surface area (Å²) >= 11 is 7.72. The van der Waals surface area contributed by atoms with Crippen LogP contribution < -0.4 is 5.73 Å². The Balaban J connectivity index is 0.00000162. The highest BCUT2D eigenvalue weighted by atomic mass is 127. The zero-order valence-corrected chi connectivity index (χ0v) is 13.8. The first-order valence-electron chi connectivity index (χ1n) is 5.49. The van der Waals surface area contributed by atoms with Crippen molar-refractivity contribution >= 4 is 53.3 Å². The van der Waals surface area contributed by atoms with Crippen LogP contribution in [0.1, 0.15) is 5.69 Å². The maximum atomic E-state index is 5.94. The van der Waals surface area contributed by atoms with Crippen molar-refractivity contribution in [2.75, 3.05) is 24.6 Å². The number of rotatable bonds is 2. The zero-order valence-electron chi connectivity index (χ0n) is 9.88. The van der Waals surface area contributed by atoms with E-state index in [1.165, 1.54) is 0 Å².